The van der Waals surface area contributed by atoms with Crippen LogP contribution in [0.2, 0.25) is 18.1 Å². The molecule has 0 aromatic carbocycles. The fourth-order valence-electron chi connectivity index (χ4n) is 2.02. The molecule has 1 unspecified atom stereocenters. The maximum atomic E-state index is 15.2. The van der Waals surface area contributed by atoms with Gasteiger partial charge in [-0.05, 0) is 67.0 Å². The fraction of sp³-hybridized carbons (Fsp3) is 0.737. The Bertz CT molecular complexity index is 608. The van der Waals surface area contributed by atoms with E-state index in [4.69, 9.17) is 4.43 Å². The lowest BCUT2D eigenvalue weighted by atomic mass is 10.1. The number of halogens is 2. The van der Waals surface area contributed by atoms with Gasteiger partial charge in [-0.2, -0.15) is 0 Å². The summed E-state index contributed by atoms with van der Waals surface area (Å²) >= 11 is 1.92. The molecule has 27 heavy (non-hydrogen) atoms. The Morgan fingerprint density at radius 3 is 2.33 bits per heavy atom. The normalized spacial score (nSPS) is 16.9. The van der Waals surface area contributed by atoms with E-state index in [1.54, 1.807) is 18.2 Å². The lowest BCUT2D eigenvalue weighted by Crippen LogP contribution is -2.45. The van der Waals surface area contributed by atoms with Gasteiger partial charge in [0.15, 0.2) is 8.32 Å². The third-order valence-electron chi connectivity index (χ3n) is 4.87. The maximum absolute atomic E-state index is 15.2. The van der Waals surface area contributed by atoms with E-state index >= 15 is 4.39 Å². The quantitative estimate of drug-likeness (QED) is 0.295. The first-order valence-electron chi connectivity index (χ1n) is 9.24. The van der Waals surface area contributed by atoms with Crippen molar-refractivity contribution in [2.75, 3.05) is 6.61 Å². The van der Waals surface area contributed by atoms with Crippen molar-refractivity contribution in [1.29, 1.82) is 0 Å². The molecule has 1 heterocycles. The van der Waals surface area contributed by atoms with E-state index in [2.05, 4.69) is 59.5 Å². The van der Waals surface area contributed by atoms with Gasteiger partial charge in [-0.3, -0.25) is 0 Å². The van der Waals surface area contributed by atoms with Crippen molar-refractivity contribution in [3.8, 4) is 0 Å². The molecule has 0 amide bonds. The second kappa shape index (κ2) is 9.67. The number of hydrogen-bond acceptors (Lipinski definition) is 4. The van der Waals surface area contributed by atoms with Gasteiger partial charge in [0.05, 0.1) is 5.69 Å². The van der Waals surface area contributed by atoms with Crippen LogP contribution in [0.1, 0.15) is 59.7 Å². The van der Waals surface area contributed by atoms with Crippen LogP contribution in [0, 0.1) is 0 Å². The monoisotopic (exact) mass is 480 g/mol. The van der Waals surface area contributed by atoms with Crippen molar-refractivity contribution >= 4 is 35.6 Å². The molecule has 0 bridgehead atoms. The van der Waals surface area contributed by atoms with Gasteiger partial charge in [0, 0.05) is 24.4 Å². The molecule has 0 fully saturated rings. The van der Waals surface area contributed by atoms with E-state index in [9.17, 15) is 4.55 Å². The van der Waals surface area contributed by atoms with Crippen LogP contribution in [0.15, 0.2) is 22.8 Å². The second-order valence-electron chi connectivity index (χ2n) is 9.28. The predicted molar refractivity (Wildman–Crippen MR) is 118 cm³/mol. The predicted octanol–water partition coefficient (Wildman–Crippen LogP) is 5.69. The van der Waals surface area contributed by atoms with Gasteiger partial charge < -0.3 is 8.98 Å². The van der Waals surface area contributed by atoms with Gasteiger partial charge >= 0.3 is 0 Å². The van der Waals surface area contributed by atoms with Crippen molar-refractivity contribution in [1.82, 2.24) is 9.71 Å². The average molecular weight is 482 g/mol. The topological polar surface area (TPSA) is 57.2 Å². The lowest BCUT2D eigenvalue weighted by Gasteiger charge is -2.36. The third kappa shape index (κ3) is 7.74. The molecule has 0 aliphatic rings. The molecule has 4 nitrogen and oxygen atoms in total. The Labute approximate surface area is 176 Å². The van der Waals surface area contributed by atoms with Crippen molar-refractivity contribution in [2.45, 2.75) is 83.1 Å². The number of nitrogens with one attached hydrogen (secondary N) is 1. The van der Waals surface area contributed by atoms with Crippen molar-refractivity contribution in [3.63, 3.8) is 0 Å². The van der Waals surface area contributed by atoms with Gasteiger partial charge in [-0.1, -0.05) is 26.8 Å². The zero-order chi connectivity index (χ0) is 21.0. The van der Waals surface area contributed by atoms with Crippen molar-refractivity contribution < 1.29 is 13.4 Å². The highest BCUT2D eigenvalue weighted by molar-refractivity contribution is 9.10. The number of aromatic nitrogens is 1. The SMILES string of the molecule is CC(C)(C)[S+]([O-])N[C@@H](c1cccc(Br)n1)[C@H](F)CCO[Si](C)(C)C(C)(C)C. The lowest BCUT2D eigenvalue weighted by molar-refractivity contribution is 0.192. The van der Waals surface area contributed by atoms with Gasteiger partial charge in [0.25, 0.3) is 0 Å². The summed E-state index contributed by atoms with van der Waals surface area (Å²) in [6.07, 6.45) is -1.04. The molecule has 0 saturated carbocycles. The molecule has 156 valence electrons. The van der Waals surface area contributed by atoms with E-state index in [-0.39, 0.29) is 11.5 Å². The highest BCUT2D eigenvalue weighted by Crippen LogP contribution is 2.37. The van der Waals surface area contributed by atoms with E-state index in [1.807, 2.05) is 20.8 Å². The molecule has 1 aromatic rings. The Hall–Kier alpha value is 0.00688. The minimum atomic E-state index is -1.93. The van der Waals surface area contributed by atoms with Crippen LogP contribution >= 0.6 is 15.9 Å². The smallest absolute Gasteiger partial charge is 0.191 e. The summed E-state index contributed by atoms with van der Waals surface area (Å²) in [5, 5.41) is 0.0794. The largest absolute Gasteiger partial charge is 0.598 e. The molecular formula is C19H34BrFN2O2SSi. The molecular weight excluding hydrogens is 447 g/mol. The van der Waals surface area contributed by atoms with Crippen LogP contribution in [0.4, 0.5) is 4.39 Å². The van der Waals surface area contributed by atoms with E-state index < -0.39 is 36.6 Å². The number of nitrogens with zero attached hydrogens (tertiary/aromatic N) is 1. The highest BCUT2D eigenvalue weighted by atomic mass is 79.9. The van der Waals surface area contributed by atoms with E-state index in [1.165, 1.54) is 0 Å². The molecule has 8 heteroatoms. The molecule has 0 aliphatic heterocycles. The van der Waals surface area contributed by atoms with E-state index in [0.29, 0.717) is 16.9 Å². The third-order valence-corrected chi connectivity index (χ3v) is 11.4. The first-order chi connectivity index (χ1) is 12.1. The number of rotatable bonds is 8. The van der Waals surface area contributed by atoms with Crippen LogP contribution in [-0.4, -0.2) is 35.4 Å². The molecule has 0 radical (unpaired) electrons. The summed E-state index contributed by atoms with van der Waals surface area (Å²) in [5.74, 6) is 0. The number of alkyl halides is 1. The molecule has 1 rings (SSSR count). The molecule has 3 atom stereocenters. The van der Waals surface area contributed by atoms with Gasteiger partial charge in [-0.15, -0.1) is 4.72 Å². The summed E-state index contributed by atoms with van der Waals surface area (Å²) < 4.78 is 36.9. The standard InChI is InChI=1S/C19H34BrFN2O2SSi/c1-18(2,3)26(24)23-17(15-10-9-11-16(20)22-15)14(21)12-13-25-27(7,8)19(4,5)6/h9-11,14,17,23H,12-13H2,1-8H3/t14-,17-,26?/m1/s1. The maximum Gasteiger partial charge on any atom is 0.191 e. The Kier molecular flexibility index (Phi) is 8.97. The minimum absolute atomic E-state index is 0.0794. The minimum Gasteiger partial charge on any atom is -0.598 e. The summed E-state index contributed by atoms with van der Waals surface area (Å²) in [6, 6.07) is 4.59. The molecule has 0 saturated heterocycles. The summed E-state index contributed by atoms with van der Waals surface area (Å²) in [7, 11) is -1.93. The Morgan fingerprint density at radius 2 is 1.85 bits per heavy atom. The van der Waals surface area contributed by atoms with Crippen LogP contribution in [-0.2, 0) is 15.8 Å². The zero-order valence-corrected chi connectivity index (χ0v) is 21.1. The van der Waals surface area contributed by atoms with Crippen LogP contribution in [0.25, 0.3) is 0 Å². The second-order valence-corrected chi connectivity index (χ2v) is 16.9. The van der Waals surface area contributed by atoms with E-state index in [0.717, 1.165) is 0 Å². The van der Waals surface area contributed by atoms with Crippen LogP contribution in [0.5, 0.6) is 0 Å². The van der Waals surface area contributed by atoms with Gasteiger partial charge in [0.1, 0.15) is 21.6 Å². The average Bonchev–Trinajstić information content (AvgIpc) is 2.49. The van der Waals surface area contributed by atoms with Gasteiger partial charge in [-0.25, -0.2) is 9.37 Å². The molecule has 0 spiro atoms. The van der Waals surface area contributed by atoms with Crippen molar-refractivity contribution in [3.05, 3.63) is 28.5 Å². The summed E-state index contributed by atoms with van der Waals surface area (Å²) in [5.41, 5.74) is 0.529. The molecule has 1 N–H and O–H groups in total. The summed E-state index contributed by atoms with van der Waals surface area (Å²) in [6.45, 7) is 16.7. The summed E-state index contributed by atoms with van der Waals surface area (Å²) in [4.78, 5) is 4.37. The Morgan fingerprint density at radius 1 is 1.26 bits per heavy atom. The van der Waals surface area contributed by atoms with Crippen LogP contribution in [0.3, 0.4) is 0 Å². The molecule has 0 aliphatic carbocycles. The number of hydrogen-bond donors (Lipinski definition) is 1. The first-order valence-corrected chi connectivity index (χ1v) is 14.1. The highest BCUT2D eigenvalue weighted by Gasteiger charge is 2.38. The zero-order valence-electron chi connectivity index (χ0n) is 17.7. The van der Waals surface area contributed by atoms with Crippen LogP contribution < -0.4 is 4.72 Å². The Balaban J connectivity index is 2.89. The molecule has 1 aromatic heterocycles. The van der Waals surface area contributed by atoms with Crippen molar-refractivity contribution in [2.24, 2.45) is 0 Å². The number of pyridine rings is 1. The first kappa shape index (κ1) is 25.0. The van der Waals surface area contributed by atoms with Gasteiger partial charge in [0.2, 0.25) is 0 Å². The fourth-order valence-corrected chi connectivity index (χ4v) is 4.29.